The Morgan fingerprint density at radius 2 is 1.54 bits per heavy atom. The maximum Gasteiger partial charge on any atom is 0.317 e. The molecule has 28 heavy (non-hydrogen) atoms. The van der Waals surface area contributed by atoms with E-state index in [4.69, 9.17) is 14.2 Å². The van der Waals surface area contributed by atoms with Gasteiger partial charge >= 0.3 is 5.97 Å². The average Bonchev–Trinajstić information content (AvgIpc) is 3.26. The van der Waals surface area contributed by atoms with Crippen LogP contribution >= 0.6 is 0 Å². The molecule has 0 saturated heterocycles. The van der Waals surface area contributed by atoms with E-state index in [-0.39, 0.29) is 18.3 Å². The third-order valence-corrected chi connectivity index (χ3v) is 5.31. The Morgan fingerprint density at radius 3 is 2.11 bits per heavy atom. The smallest absolute Gasteiger partial charge is 0.317 e. The van der Waals surface area contributed by atoms with Crippen LogP contribution in [0.25, 0.3) is 0 Å². The van der Waals surface area contributed by atoms with Gasteiger partial charge in [0.15, 0.2) is 5.78 Å². The van der Waals surface area contributed by atoms with Crippen LogP contribution in [0, 0.1) is 11.8 Å². The minimum absolute atomic E-state index is 0.0228. The summed E-state index contributed by atoms with van der Waals surface area (Å²) < 4.78 is 16.3. The van der Waals surface area contributed by atoms with Crippen LogP contribution in [0.4, 0.5) is 0 Å². The van der Waals surface area contributed by atoms with Crippen molar-refractivity contribution in [3.63, 3.8) is 0 Å². The molecule has 2 aromatic carbocycles. The molecular formula is C23H26O5. The zero-order valence-corrected chi connectivity index (χ0v) is 16.4. The molecule has 1 aliphatic carbocycles. The first kappa shape index (κ1) is 19.9. The van der Waals surface area contributed by atoms with Crippen molar-refractivity contribution in [2.45, 2.75) is 32.3 Å². The van der Waals surface area contributed by atoms with Crippen molar-refractivity contribution in [2.75, 3.05) is 14.2 Å². The molecule has 1 unspecified atom stereocenters. The fourth-order valence-electron chi connectivity index (χ4n) is 3.87. The SMILES string of the molecule is COc1cccc(OC)c1C(=O)C(C(=O)OCc1ccccc1)C1CCCC1. The number of esters is 1. The van der Waals surface area contributed by atoms with Gasteiger partial charge in [0.2, 0.25) is 0 Å². The van der Waals surface area contributed by atoms with E-state index in [1.54, 1.807) is 18.2 Å². The predicted molar refractivity (Wildman–Crippen MR) is 106 cm³/mol. The summed E-state index contributed by atoms with van der Waals surface area (Å²) in [5, 5.41) is 0. The molecule has 5 nitrogen and oxygen atoms in total. The Morgan fingerprint density at radius 1 is 0.929 bits per heavy atom. The molecule has 0 radical (unpaired) electrons. The van der Waals surface area contributed by atoms with E-state index < -0.39 is 11.9 Å². The van der Waals surface area contributed by atoms with Crippen LogP contribution in [0.5, 0.6) is 11.5 Å². The van der Waals surface area contributed by atoms with E-state index in [9.17, 15) is 9.59 Å². The lowest BCUT2D eigenvalue weighted by Gasteiger charge is -2.22. The first-order chi connectivity index (χ1) is 13.7. The molecule has 5 heteroatoms. The maximum absolute atomic E-state index is 13.5. The fraction of sp³-hybridized carbons (Fsp3) is 0.391. The molecule has 2 aromatic rings. The van der Waals surface area contributed by atoms with Crippen molar-refractivity contribution in [2.24, 2.45) is 11.8 Å². The molecule has 0 amide bonds. The highest BCUT2D eigenvalue weighted by molar-refractivity contribution is 6.12. The predicted octanol–water partition coefficient (Wildman–Crippen LogP) is 4.44. The fourth-order valence-corrected chi connectivity index (χ4v) is 3.87. The molecule has 1 saturated carbocycles. The van der Waals surface area contributed by atoms with Gasteiger partial charge in [-0.25, -0.2) is 0 Å². The normalized spacial score (nSPS) is 15.1. The summed E-state index contributed by atoms with van der Waals surface area (Å²) in [7, 11) is 3.01. The van der Waals surface area contributed by atoms with Crippen LogP contribution in [-0.4, -0.2) is 26.0 Å². The maximum atomic E-state index is 13.5. The molecule has 0 heterocycles. The van der Waals surface area contributed by atoms with Crippen molar-refractivity contribution in [1.29, 1.82) is 0 Å². The minimum atomic E-state index is -0.851. The minimum Gasteiger partial charge on any atom is -0.496 e. The zero-order chi connectivity index (χ0) is 19.9. The van der Waals surface area contributed by atoms with Crippen molar-refractivity contribution < 1.29 is 23.8 Å². The largest absolute Gasteiger partial charge is 0.496 e. The van der Waals surface area contributed by atoms with Gasteiger partial charge in [-0.2, -0.15) is 0 Å². The molecule has 0 aromatic heterocycles. The molecule has 0 bridgehead atoms. The topological polar surface area (TPSA) is 61.8 Å². The second kappa shape index (κ2) is 9.40. The van der Waals surface area contributed by atoms with E-state index in [0.717, 1.165) is 31.2 Å². The third-order valence-electron chi connectivity index (χ3n) is 5.31. The third kappa shape index (κ3) is 4.35. The van der Waals surface area contributed by atoms with Crippen LogP contribution in [0.15, 0.2) is 48.5 Å². The van der Waals surface area contributed by atoms with Crippen LogP contribution in [0.3, 0.4) is 0 Å². The van der Waals surface area contributed by atoms with Crippen molar-refractivity contribution in [3.05, 3.63) is 59.7 Å². The number of rotatable bonds is 8. The second-order valence-electron chi connectivity index (χ2n) is 7.02. The van der Waals surface area contributed by atoms with Gasteiger partial charge < -0.3 is 14.2 Å². The van der Waals surface area contributed by atoms with Crippen molar-refractivity contribution in [1.82, 2.24) is 0 Å². The Hall–Kier alpha value is -2.82. The molecule has 0 N–H and O–H groups in total. The lowest BCUT2D eigenvalue weighted by atomic mass is 9.84. The van der Waals surface area contributed by atoms with E-state index >= 15 is 0 Å². The Kier molecular flexibility index (Phi) is 6.69. The van der Waals surface area contributed by atoms with E-state index in [2.05, 4.69) is 0 Å². The monoisotopic (exact) mass is 382 g/mol. The van der Waals surface area contributed by atoms with Crippen molar-refractivity contribution in [3.8, 4) is 11.5 Å². The average molecular weight is 382 g/mol. The Labute approximate surface area is 165 Å². The highest BCUT2D eigenvalue weighted by Gasteiger charge is 2.40. The number of benzene rings is 2. The first-order valence-electron chi connectivity index (χ1n) is 9.61. The van der Waals surface area contributed by atoms with Gasteiger partial charge in [0.25, 0.3) is 0 Å². The van der Waals surface area contributed by atoms with Gasteiger partial charge in [0.05, 0.1) is 14.2 Å². The molecule has 3 rings (SSSR count). The molecule has 0 spiro atoms. The number of hydrogen-bond acceptors (Lipinski definition) is 5. The van der Waals surface area contributed by atoms with Gasteiger partial charge in [-0.05, 0) is 36.5 Å². The summed E-state index contributed by atoms with van der Waals surface area (Å²) in [5.41, 5.74) is 1.20. The number of ketones is 1. The van der Waals surface area contributed by atoms with Crippen LogP contribution in [0.1, 0.15) is 41.6 Å². The molecule has 0 aliphatic heterocycles. The molecule has 1 atom stereocenters. The summed E-state index contributed by atoms with van der Waals surface area (Å²) in [6, 6.07) is 14.6. The molecule has 148 valence electrons. The molecule has 1 fully saturated rings. The molecule has 1 aliphatic rings. The summed E-state index contributed by atoms with van der Waals surface area (Å²) in [6.07, 6.45) is 3.72. The van der Waals surface area contributed by atoms with Gasteiger partial charge in [-0.15, -0.1) is 0 Å². The Balaban J connectivity index is 1.88. The number of carbonyl (C=O) groups is 2. The highest BCUT2D eigenvalue weighted by atomic mass is 16.5. The van der Waals surface area contributed by atoms with Crippen LogP contribution in [0.2, 0.25) is 0 Å². The zero-order valence-electron chi connectivity index (χ0n) is 16.4. The van der Waals surface area contributed by atoms with Gasteiger partial charge in [-0.3, -0.25) is 9.59 Å². The van der Waals surface area contributed by atoms with Gasteiger partial charge in [0, 0.05) is 0 Å². The number of hydrogen-bond donors (Lipinski definition) is 0. The quantitative estimate of drug-likeness (QED) is 0.384. The van der Waals surface area contributed by atoms with Crippen LogP contribution < -0.4 is 9.47 Å². The van der Waals surface area contributed by atoms with E-state index in [1.165, 1.54) is 14.2 Å². The van der Waals surface area contributed by atoms with Crippen LogP contribution in [-0.2, 0) is 16.1 Å². The Bertz CT molecular complexity index is 787. The summed E-state index contributed by atoms with van der Waals surface area (Å²) in [4.78, 5) is 26.5. The number of carbonyl (C=O) groups excluding carboxylic acids is 2. The second-order valence-corrected chi connectivity index (χ2v) is 7.02. The number of ether oxygens (including phenoxy) is 3. The van der Waals surface area contributed by atoms with Gasteiger partial charge in [0.1, 0.15) is 29.6 Å². The number of methoxy groups -OCH3 is 2. The summed E-state index contributed by atoms with van der Waals surface area (Å²) in [5.74, 6) is -0.832. The highest BCUT2D eigenvalue weighted by Crippen LogP contribution is 2.38. The van der Waals surface area contributed by atoms with Crippen molar-refractivity contribution >= 4 is 11.8 Å². The lowest BCUT2D eigenvalue weighted by molar-refractivity contribution is -0.149. The number of Topliss-reactive ketones (excluding diaryl/α,β-unsaturated/α-hetero) is 1. The summed E-state index contributed by atoms with van der Waals surface area (Å²) in [6.45, 7) is 0.152. The van der Waals surface area contributed by atoms with Gasteiger partial charge in [-0.1, -0.05) is 49.2 Å². The standard InChI is InChI=1S/C23H26O5/c1-26-18-13-8-14-19(27-2)21(18)22(24)20(17-11-6-7-12-17)23(25)28-15-16-9-4-3-5-10-16/h3-5,8-10,13-14,17,20H,6-7,11-12,15H2,1-2H3. The first-order valence-corrected chi connectivity index (χ1v) is 9.61. The van der Waals surface area contributed by atoms with E-state index in [1.807, 2.05) is 30.3 Å². The molecular weight excluding hydrogens is 356 g/mol. The summed E-state index contributed by atoms with van der Waals surface area (Å²) >= 11 is 0. The van der Waals surface area contributed by atoms with E-state index in [0.29, 0.717) is 17.1 Å². The lowest BCUT2D eigenvalue weighted by Crippen LogP contribution is -2.32.